The Kier molecular flexibility index (Phi) is 6.92. The molecule has 21 heavy (non-hydrogen) atoms. The van der Waals surface area contributed by atoms with Crippen LogP contribution in [0.15, 0.2) is 18.3 Å². The van der Waals surface area contributed by atoms with Crippen LogP contribution in [0.4, 0.5) is 0 Å². The van der Waals surface area contributed by atoms with Gasteiger partial charge in [-0.1, -0.05) is 25.7 Å². The molecule has 0 aromatic carbocycles. The van der Waals surface area contributed by atoms with E-state index in [1.165, 1.54) is 12.3 Å². The van der Waals surface area contributed by atoms with Crippen molar-refractivity contribution in [2.45, 2.75) is 13.8 Å². The second-order valence-electron chi connectivity index (χ2n) is 4.77. The Labute approximate surface area is 124 Å². The molecule has 2 amide bonds. The van der Waals surface area contributed by atoms with Crippen molar-refractivity contribution in [3.63, 3.8) is 0 Å². The van der Waals surface area contributed by atoms with E-state index in [9.17, 15) is 9.59 Å². The summed E-state index contributed by atoms with van der Waals surface area (Å²) in [6, 6.07) is 3.14. The average Bonchev–Trinajstić information content (AvgIpc) is 2.49. The van der Waals surface area contributed by atoms with E-state index >= 15 is 0 Å². The summed E-state index contributed by atoms with van der Waals surface area (Å²) in [7, 11) is 0. The number of rotatable bonds is 5. The van der Waals surface area contributed by atoms with Gasteiger partial charge in [0.1, 0.15) is 12.3 Å². The highest BCUT2D eigenvalue weighted by atomic mass is 16.2. The van der Waals surface area contributed by atoms with Crippen molar-refractivity contribution in [1.29, 1.82) is 0 Å². The number of carbonyl (C=O) groups is 2. The van der Waals surface area contributed by atoms with Gasteiger partial charge in [-0.05, 0) is 18.1 Å². The van der Waals surface area contributed by atoms with Crippen LogP contribution in [0.1, 0.15) is 29.9 Å². The van der Waals surface area contributed by atoms with Crippen LogP contribution in [0.5, 0.6) is 0 Å². The number of hydrogen-bond donors (Lipinski definition) is 3. The van der Waals surface area contributed by atoms with Gasteiger partial charge in [0.15, 0.2) is 0 Å². The predicted octanol–water partition coefficient (Wildman–Crippen LogP) is -0.0726. The molecule has 1 heterocycles. The first-order valence-electron chi connectivity index (χ1n) is 6.63. The van der Waals surface area contributed by atoms with Crippen molar-refractivity contribution in [3.05, 3.63) is 29.6 Å². The molecule has 0 aliphatic carbocycles. The Balaban J connectivity index is 2.47. The Morgan fingerprint density at radius 3 is 2.67 bits per heavy atom. The lowest BCUT2D eigenvalue weighted by Gasteiger charge is -2.08. The number of nitrogens with zero attached hydrogens (tertiary/aromatic N) is 1. The van der Waals surface area contributed by atoms with E-state index in [1.54, 1.807) is 6.07 Å². The van der Waals surface area contributed by atoms with Gasteiger partial charge in [-0.25, -0.2) is 4.98 Å². The number of carbonyl (C=O) groups excluding carboxylic acids is 2. The molecular formula is C15H19N3O3. The summed E-state index contributed by atoms with van der Waals surface area (Å²) in [6.07, 6.45) is 1.44. The lowest BCUT2D eigenvalue weighted by atomic mass is 10.2. The summed E-state index contributed by atoms with van der Waals surface area (Å²) < 4.78 is 0. The Morgan fingerprint density at radius 1 is 1.33 bits per heavy atom. The van der Waals surface area contributed by atoms with Gasteiger partial charge in [0.2, 0.25) is 5.91 Å². The first-order chi connectivity index (χ1) is 10.0. The highest BCUT2D eigenvalue weighted by Crippen LogP contribution is 1.98. The van der Waals surface area contributed by atoms with E-state index in [0.717, 1.165) is 0 Å². The average molecular weight is 289 g/mol. The van der Waals surface area contributed by atoms with Gasteiger partial charge in [0.25, 0.3) is 5.91 Å². The van der Waals surface area contributed by atoms with Crippen molar-refractivity contribution in [1.82, 2.24) is 15.6 Å². The molecule has 0 aliphatic heterocycles. The van der Waals surface area contributed by atoms with E-state index < -0.39 is 5.91 Å². The van der Waals surface area contributed by atoms with Crippen molar-refractivity contribution in [3.8, 4) is 11.8 Å². The fourth-order valence-electron chi connectivity index (χ4n) is 1.38. The van der Waals surface area contributed by atoms with Gasteiger partial charge in [0, 0.05) is 18.3 Å². The second-order valence-corrected chi connectivity index (χ2v) is 4.77. The monoisotopic (exact) mass is 289 g/mol. The molecule has 1 aromatic heterocycles. The lowest BCUT2D eigenvalue weighted by Crippen LogP contribution is -2.38. The zero-order valence-electron chi connectivity index (χ0n) is 12.1. The molecule has 1 aromatic rings. The normalized spacial score (nSPS) is 9.71. The third-order valence-electron chi connectivity index (χ3n) is 2.42. The van der Waals surface area contributed by atoms with Gasteiger partial charge >= 0.3 is 0 Å². The van der Waals surface area contributed by atoms with Crippen LogP contribution in [-0.2, 0) is 4.79 Å². The first kappa shape index (κ1) is 16.7. The molecule has 0 bridgehead atoms. The smallest absolute Gasteiger partial charge is 0.270 e. The number of pyridine rings is 1. The van der Waals surface area contributed by atoms with Gasteiger partial charge in [-0.3, -0.25) is 9.59 Å². The molecule has 112 valence electrons. The zero-order valence-corrected chi connectivity index (χ0v) is 12.1. The topological polar surface area (TPSA) is 91.3 Å². The Bertz CT molecular complexity index is 542. The minimum absolute atomic E-state index is 0.0840. The van der Waals surface area contributed by atoms with Crippen molar-refractivity contribution in [2.24, 2.45) is 5.92 Å². The molecule has 0 atom stereocenters. The molecule has 0 aliphatic rings. The molecular weight excluding hydrogens is 270 g/mol. The molecule has 6 nitrogen and oxygen atoms in total. The van der Waals surface area contributed by atoms with Crippen LogP contribution in [0.2, 0.25) is 0 Å². The molecule has 1 rings (SSSR count). The predicted molar refractivity (Wildman–Crippen MR) is 78.4 cm³/mol. The van der Waals surface area contributed by atoms with Gasteiger partial charge in [0.05, 0.1) is 6.54 Å². The quantitative estimate of drug-likeness (QED) is 0.662. The molecule has 0 spiro atoms. The summed E-state index contributed by atoms with van der Waals surface area (Å²) in [6.45, 7) is 4.24. The number of aromatic nitrogens is 1. The van der Waals surface area contributed by atoms with E-state index in [1.807, 2.05) is 13.8 Å². The number of aliphatic hydroxyl groups excluding tert-OH is 1. The first-order valence-corrected chi connectivity index (χ1v) is 6.63. The van der Waals surface area contributed by atoms with Crippen molar-refractivity contribution in [2.75, 3.05) is 19.7 Å². The van der Waals surface area contributed by atoms with E-state index in [4.69, 9.17) is 5.11 Å². The summed E-state index contributed by atoms with van der Waals surface area (Å²) in [5, 5.41) is 13.8. The summed E-state index contributed by atoms with van der Waals surface area (Å²) in [5.74, 6) is 4.87. The fourth-order valence-corrected chi connectivity index (χ4v) is 1.38. The van der Waals surface area contributed by atoms with Gasteiger partial charge in [-0.2, -0.15) is 0 Å². The van der Waals surface area contributed by atoms with E-state index in [-0.39, 0.29) is 24.8 Å². The molecule has 0 fully saturated rings. The fraction of sp³-hybridized carbons (Fsp3) is 0.400. The molecule has 0 saturated heterocycles. The van der Waals surface area contributed by atoms with Crippen LogP contribution in [-0.4, -0.2) is 41.6 Å². The maximum absolute atomic E-state index is 11.8. The standard InChI is InChI=1S/C15H19N3O3/c1-11(2)8-17-14(20)10-18-15(21)13-6-5-12(9-16-13)4-3-7-19/h5-6,9,11,19H,7-8,10H2,1-2H3,(H,17,20)(H,18,21). The summed E-state index contributed by atoms with van der Waals surface area (Å²) in [5.41, 5.74) is 0.816. The number of hydrogen-bond acceptors (Lipinski definition) is 4. The molecule has 6 heteroatoms. The molecule has 0 unspecified atom stereocenters. The summed E-state index contributed by atoms with van der Waals surface area (Å²) in [4.78, 5) is 27.2. The Morgan fingerprint density at radius 2 is 2.10 bits per heavy atom. The van der Waals surface area contributed by atoms with E-state index in [2.05, 4.69) is 27.5 Å². The lowest BCUT2D eigenvalue weighted by molar-refractivity contribution is -0.120. The minimum Gasteiger partial charge on any atom is -0.384 e. The highest BCUT2D eigenvalue weighted by molar-refractivity contribution is 5.94. The van der Waals surface area contributed by atoms with Crippen LogP contribution in [0.25, 0.3) is 0 Å². The SMILES string of the molecule is CC(C)CNC(=O)CNC(=O)c1ccc(C#CCO)cn1. The molecule has 0 radical (unpaired) electrons. The molecule has 0 saturated carbocycles. The van der Waals surface area contributed by atoms with E-state index in [0.29, 0.717) is 18.0 Å². The highest BCUT2D eigenvalue weighted by Gasteiger charge is 2.09. The third-order valence-corrected chi connectivity index (χ3v) is 2.42. The Hall–Kier alpha value is -2.39. The van der Waals surface area contributed by atoms with Gasteiger partial charge in [-0.15, -0.1) is 0 Å². The largest absolute Gasteiger partial charge is 0.384 e. The van der Waals surface area contributed by atoms with Crippen molar-refractivity contribution >= 4 is 11.8 Å². The van der Waals surface area contributed by atoms with Crippen LogP contribution in [0.3, 0.4) is 0 Å². The molecule has 3 N–H and O–H groups in total. The second kappa shape index (κ2) is 8.72. The summed E-state index contributed by atoms with van der Waals surface area (Å²) >= 11 is 0. The maximum atomic E-state index is 11.8. The number of aliphatic hydroxyl groups is 1. The van der Waals surface area contributed by atoms with Gasteiger partial charge < -0.3 is 15.7 Å². The van der Waals surface area contributed by atoms with Crippen LogP contribution >= 0.6 is 0 Å². The zero-order chi connectivity index (χ0) is 15.7. The van der Waals surface area contributed by atoms with Crippen LogP contribution in [0, 0.1) is 17.8 Å². The number of nitrogens with one attached hydrogen (secondary N) is 2. The third kappa shape index (κ3) is 6.54. The minimum atomic E-state index is -0.420. The maximum Gasteiger partial charge on any atom is 0.270 e. The van der Waals surface area contributed by atoms with Crippen LogP contribution < -0.4 is 10.6 Å². The van der Waals surface area contributed by atoms with Crippen molar-refractivity contribution < 1.29 is 14.7 Å². The number of amides is 2.